The van der Waals surface area contributed by atoms with E-state index in [4.69, 9.17) is 5.11 Å². The third-order valence-corrected chi connectivity index (χ3v) is 4.73. The number of carboxylic acids is 1. The van der Waals surface area contributed by atoms with Crippen LogP contribution in [-0.4, -0.2) is 42.9 Å². The maximum Gasteiger partial charge on any atom is 0.326 e. The van der Waals surface area contributed by atoms with Crippen LogP contribution in [0.25, 0.3) is 0 Å². The first-order valence-electron chi connectivity index (χ1n) is 6.96. The monoisotopic (exact) mass is 327 g/mol. The van der Waals surface area contributed by atoms with Crippen molar-refractivity contribution in [2.45, 2.75) is 26.3 Å². The van der Waals surface area contributed by atoms with Crippen LogP contribution in [0.1, 0.15) is 19.4 Å². The van der Waals surface area contributed by atoms with Gasteiger partial charge in [0.15, 0.2) is 9.84 Å². The number of carbonyl (C=O) groups is 2. The van der Waals surface area contributed by atoms with Gasteiger partial charge in [-0.3, -0.25) is 4.79 Å². The molecule has 0 radical (unpaired) electrons. The van der Waals surface area contributed by atoms with Crippen LogP contribution in [0.3, 0.4) is 0 Å². The van der Waals surface area contributed by atoms with Crippen LogP contribution in [0.5, 0.6) is 0 Å². The third kappa shape index (κ3) is 6.71. The molecule has 7 heteroatoms. The van der Waals surface area contributed by atoms with Crippen molar-refractivity contribution in [1.29, 1.82) is 0 Å². The highest BCUT2D eigenvalue weighted by Gasteiger charge is 2.24. The van der Waals surface area contributed by atoms with Gasteiger partial charge < -0.3 is 10.4 Å². The van der Waals surface area contributed by atoms with Crippen LogP contribution >= 0.6 is 0 Å². The number of benzene rings is 1. The van der Waals surface area contributed by atoms with Crippen molar-refractivity contribution in [3.05, 3.63) is 35.9 Å². The zero-order valence-corrected chi connectivity index (χ0v) is 13.5. The summed E-state index contributed by atoms with van der Waals surface area (Å²) in [5, 5.41) is 11.4. The van der Waals surface area contributed by atoms with E-state index in [1.807, 2.05) is 0 Å². The quantitative estimate of drug-likeness (QED) is 0.738. The van der Waals surface area contributed by atoms with Crippen molar-refractivity contribution >= 4 is 21.7 Å². The molecule has 0 aliphatic carbocycles. The molecule has 2 N–H and O–H groups in total. The molecular formula is C15H21NO5S. The minimum Gasteiger partial charge on any atom is -0.480 e. The fourth-order valence-corrected chi connectivity index (χ4v) is 3.67. The fourth-order valence-electron chi connectivity index (χ4n) is 2.05. The molecule has 6 nitrogen and oxygen atoms in total. The van der Waals surface area contributed by atoms with E-state index in [-0.39, 0.29) is 18.1 Å². The standard InChI is InChI=1S/C15H21NO5S/c1-11(2)9-22(20,21)10-14(17)16-13(15(18)19)8-12-6-4-3-5-7-12/h3-7,11,13H,8-10H2,1-2H3,(H,16,17)(H,18,19)/t13-/m1/s1. The van der Waals surface area contributed by atoms with Gasteiger partial charge in [0.1, 0.15) is 11.8 Å². The zero-order chi connectivity index (χ0) is 16.8. The predicted molar refractivity (Wildman–Crippen MR) is 83.2 cm³/mol. The van der Waals surface area contributed by atoms with Crippen LogP contribution in [0.4, 0.5) is 0 Å². The molecule has 0 heterocycles. The van der Waals surface area contributed by atoms with Crippen LogP contribution < -0.4 is 5.32 Å². The van der Waals surface area contributed by atoms with E-state index in [1.54, 1.807) is 44.2 Å². The van der Waals surface area contributed by atoms with Gasteiger partial charge in [-0.2, -0.15) is 0 Å². The van der Waals surface area contributed by atoms with Gasteiger partial charge in [-0.15, -0.1) is 0 Å². The molecule has 1 atom stereocenters. The Morgan fingerprint density at radius 1 is 1.18 bits per heavy atom. The van der Waals surface area contributed by atoms with E-state index in [2.05, 4.69) is 5.32 Å². The number of aliphatic carboxylic acids is 1. The molecule has 1 aromatic carbocycles. The summed E-state index contributed by atoms with van der Waals surface area (Å²) in [4.78, 5) is 23.0. The summed E-state index contributed by atoms with van der Waals surface area (Å²) < 4.78 is 23.5. The van der Waals surface area contributed by atoms with E-state index in [0.29, 0.717) is 0 Å². The minimum atomic E-state index is -3.53. The number of amides is 1. The van der Waals surface area contributed by atoms with E-state index < -0.39 is 33.5 Å². The van der Waals surface area contributed by atoms with Crippen LogP contribution in [0.2, 0.25) is 0 Å². The normalized spacial score (nSPS) is 12.9. The largest absolute Gasteiger partial charge is 0.480 e. The lowest BCUT2D eigenvalue weighted by atomic mass is 10.1. The first-order valence-corrected chi connectivity index (χ1v) is 8.78. The fraction of sp³-hybridized carbons (Fsp3) is 0.467. The van der Waals surface area contributed by atoms with Gasteiger partial charge in [0.2, 0.25) is 5.91 Å². The topological polar surface area (TPSA) is 101 Å². The molecule has 0 saturated heterocycles. The van der Waals surface area contributed by atoms with E-state index >= 15 is 0 Å². The molecule has 0 aliphatic rings. The third-order valence-electron chi connectivity index (χ3n) is 2.85. The second-order valence-corrected chi connectivity index (χ2v) is 7.71. The Hall–Kier alpha value is -1.89. The maximum absolute atomic E-state index is 11.8. The summed E-state index contributed by atoms with van der Waals surface area (Å²) in [6.07, 6.45) is 0.103. The van der Waals surface area contributed by atoms with Gasteiger partial charge in [-0.1, -0.05) is 44.2 Å². The van der Waals surface area contributed by atoms with Crippen molar-refractivity contribution < 1.29 is 23.1 Å². The summed E-state index contributed by atoms with van der Waals surface area (Å²) in [7, 11) is -3.53. The Morgan fingerprint density at radius 3 is 2.27 bits per heavy atom. The molecule has 122 valence electrons. The van der Waals surface area contributed by atoms with Gasteiger partial charge in [0.25, 0.3) is 0 Å². The van der Waals surface area contributed by atoms with Crippen LogP contribution in [-0.2, 0) is 25.8 Å². The lowest BCUT2D eigenvalue weighted by Gasteiger charge is -2.15. The number of hydrogen-bond acceptors (Lipinski definition) is 4. The van der Waals surface area contributed by atoms with Crippen LogP contribution in [0, 0.1) is 5.92 Å². The predicted octanol–water partition coefficient (Wildman–Crippen LogP) is 0.869. The lowest BCUT2D eigenvalue weighted by molar-refractivity contribution is -0.141. The molecule has 1 aromatic rings. The first-order chi connectivity index (χ1) is 10.2. The molecule has 22 heavy (non-hydrogen) atoms. The summed E-state index contributed by atoms with van der Waals surface area (Å²) in [6.45, 7) is 3.48. The molecule has 0 aliphatic heterocycles. The molecule has 0 spiro atoms. The number of carbonyl (C=O) groups excluding carboxylic acids is 1. The van der Waals surface area contributed by atoms with Crippen molar-refractivity contribution in [1.82, 2.24) is 5.32 Å². The summed E-state index contributed by atoms with van der Waals surface area (Å²) in [5.74, 6) is -2.86. The highest BCUT2D eigenvalue weighted by Crippen LogP contribution is 2.05. The molecule has 1 rings (SSSR count). The average molecular weight is 327 g/mol. The Balaban J connectivity index is 2.67. The Kier molecular flexibility index (Phi) is 6.55. The molecular weight excluding hydrogens is 306 g/mol. The van der Waals surface area contributed by atoms with Crippen molar-refractivity contribution in [2.24, 2.45) is 5.92 Å². The van der Waals surface area contributed by atoms with Gasteiger partial charge in [0, 0.05) is 6.42 Å². The van der Waals surface area contributed by atoms with Gasteiger partial charge in [-0.05, 0) is 11.5 Å². The Labute approximate surface area is 130 Å². The molecule has 0 bridgehead atoms. The Morgan fingerprint density at radius 2 is 1.77 bits per heavy atom. The van der Waals surface area contributed by atoms with E-state index in [0.717, 1.165) is 5.56 Å². The highest BCUT2D eigenvalue weighted by atomic mass is 32.2. The van der Waals surface area contributed by atoms with Gasteiger partial charge in [0.05, 0.1) is 5.75 Å². The highest BCUT2D eigenvalue weighted by molar-refractivity contribution is 7.92. The first kappa shape index (κ1) is 18.2. The molecule has 0 aromatic heterocycles. The van der Waals surface area contributed by atoms with Crippen molar-refractivity contribution in [3.63, 3.8) is 0 Å². The summed E-state index contributed by atoms with van der Waals surface area (Å²) in [6, 6.07) is 7.68. The molecule has 1 amide bonds. The number of sulfone groups is 1. The maximum atomic E-state index is 11.8. The average Bonchev–Trinajstić information content (AvgIpc) is 2.36. The summed E-state index contributed by atoms with van der Waals surface area (Å²) >= 11 is 0. The van der Waals surface area contributed by atoms with Gasteiger partial charge >= 0.3 is 5.97 Å². The number of hydrogen-bond donors (Lipinski definition) is 2. The molecule has 0 saturated carbocycles. The number of nitrogens with one attached hydrogen (secondary N) is 1. The Bertz CT molecular complexity index is 610. The van der Waals surface area contributed by atoms with E-state index in [1.165, 1.54) is 0 Å². The van der Waals surface area contributed by atoms with E-state index in [9.17, 15) is 18.0 Å². The van der Waals surface area contributed by atoms with Gasteiger partial charge in [-0.25, -0.2) is 13.2 Å². The van der Waals surface area contributed by atoms with Crippen molar-refractivity contribution in [3.8, 4) is 0 Å². The number of rotatable bonds is 8. The minimum absolute atomic E-state index is 0.0858. The summed E-state index contributed by atoms with van der Waals surface area (Å²) in [5.41, 5.74) is 0.750. The molecule has 0 fully saturated rings. The number of carboxylic acid groups (broad SMARTS) is 1. The molecule has 0 unspecified atom stereocenters. The lowest BCUT2D eigenvalue weighted by Crippen LogP contribution is -2.45. The van der Waals surface area contributed by atoms with Crippen LogP contribution in [0.15, 0.2) is 30.3 Å². The van der Waals surface area contributed by atoms with Crippen molar-refractivity contribution in [2.75, 3.05) is 11.5 Å². The zero-order valence-electron chi connectivity index (χ0n) is 12.7. The second-order valence-electron chi connectivity index (χ2n) is 5.60. The second kappa shape index (κ2) is 7.93. The smallest absolute Gasteiger partial charge is 0.326 e. The SMILES string of the molecule is CC(C)CS(=O)(=O)CC(=O)N[C@H](Cc1ccccc1)C(=O)O.